The number of carbonyl (C=O) groups is 1. The molecule has 3 aliphatic rings. The van der Waals surface area contributed by atoms with Crippen LogP contribution < -0.4 is 0 Å². The molecule has 2 aliphatic heterocycles. The lowest BCUT2D eigenvalue weighted by molar-refractivity contribution is -0.142. The van der Waals surface area contributed by atoms with Crippen molar-refractivity contribution in [2.75, 3.05) is 13.1 Å². The Balaban J connectivity index is 1.07. The Morgan fingerprint density at radius 1 is 1.21 bits per heavy atom. The van der Waals surface area contributed by atoms with Crippen LogP contribution in [0, 0.1) is 24.5 Å². The molecule has 2 unspecified atom stereocenters. The molecule has 1 aliphatic carbocycles. The number of hydrogen-bond donors (Lipinski definition) is 0. The van der Waals surface area contributed by atoms with E-state index in [4.69, 9.17) is 9.82 Å². The van der Waals surface area contributed by atoms with Crippen LogP contribution in [0.2, 0.25) is 0 Å². The quantitative estimate of drug-likeness (QED) is 0.419. The van der Waals surface area contributed by atoms with Crippen molar-refractivity contribution in [2.24, 2.45) is 11.1 Å². The van der Waals surface area contributed by atoms with E-state index in [9.17, 15) is 26.7 Å². The lowest BCUT2D eigenvalue weighted by Crippen LogP contribution is -2.40. The minimum Gasteiger partial charge on any atom is -0.383 e. The number of oxime groups is 1. The molecule has 2 atom stereocenters. The van der Waals surface area contributed by atoms with Crippen LogP contribution >= 0.6 is 11.3 Å². The van der Waals surface area contributed by atoms with E-state index in [0.29, 0.717) is 43.8 Å². The zero-order valence-electron chi connectivity index (χ0n) is 20.1. The van der Waals surface area contributed by atoms with Crippen molar-refractivity contribution in [2.45, 2.75) is 50.4 Å². The van der Waals surface area contributed by atoms with Crippen molar-refractivity contribution in [3.63, 3.8) is 0 Å². The fraction of sp³-hybridized carbons (Fsp3) is 0.440. The third-order valence-corrected chi connectivity index (χ3v) is 8.48. The van der Waals surface area contributed by atoms with Gasteiger partial charge in [-0.2, -0.15) is 18.3 Å². The number of thiazole rings is 1. The standard InChI is InChI=1S/C25H22F5N5O2S/c1-13-9-19(25(28,29)30)32-35(13)11-20(36)34-7-5-14(6-8-34)23-31-18(12-38-23)22-15-10-24(15,37-33-22)21-16(26)3-2-4-17(21)27/h2-4,9,12,14-15H,5-8,10-11H2,1H3. The SMILES string of the molecule is Cc1cc(C(F)(F)F)nn1CC(=O)N1CCC(c2nc(C3=NOC4(c5c(F)cccc5F)CC34)cs2)CC1. The number of fused-ring (bicyclic) bond motifs is 1. The van der Waals surface area contributed by atoms with E-state index in [0.717, 1.165) is 15.8 Å². The van der Waals surface area contributed by atoms with Crippen LogP contribution in [0.1, 0.15) is 52.8 Å². The second-order valence-electron chi connectivity index (χ2n) is 9.86. The van der Waals surface area contributed by atoms with Crippen LogP contribution in [-0.4, -0.2) is 44.4 Å². The smallest absolute Gasteiger partial charge is 0.383 e. The average Bonchev–Trinajstić information content (AvgIpc) is 3.20. The number of nitrogens with zero attached hydrogens (tertiary/aromatic N) is 5. The molecule has 7 nitrogen and oxygen atoms in total. The highest BCUT2D eigenvalue weighted by atomic mass is 32.1. The van der Waals surface area contributed by atoms with Crippen LogP contribution in [-0.2, 0) is 28.0 Å². The molecular weight excluding hydrogens is 529 g/mol. The molecule has 4 heterocycles. The third kappa shape index (κ3) is 4.16. The van der Waals surface area contributed by atoms with Gasteiger partial charge in [0.15, 0.2) is 11.3 Å². The van der Waals surface area contributed by atoms with Crippen LogP contribution in [0.25, 0.3) is 0 Å². The highest BCUT2D eigenvalue weighted by Gasteiger charge is 2.67. The van der Waals surface area contributed by atoms with Gasteiger partial charge in [-0.3, -0.25) is 9.48 Å². The summed E-state index contributed by atoms with van der Waals surface area (Å²) in [4.78, 5) is 24.7. The number of aryl methyl sites for hydroxylation is 1. The zero-order valence-corrected chi connectivity index (χ0v) is 21.0. The maximum atomic E-state index is 14.4. The molecule has 13 heteroatoms. The molecule has 0 radical (unpaired) electrons. The summed E-state index contributed by atoms with van der Waals surface area (Å²) in [5, 5.41) is 10.4. The summed E-state index contributed by atoms with van der Waals surface area (Å²) in [6.45, 7) is 2.14. The Bertz CT molecular complexity index is 1420. The van der Waals surface area contributed by atoms with Gasteiger partial charge in [-0.1, -0.05) is 11.2 Å². The van der Waals surface area contributed by atoms with Gasteiger partial charge < -0.3 is 9.74 Å². The van der Waals surface area contributed by atoms with Crippen molar-refractivity contribution in [3.05, 3.63) is 68.9 Å². The normalized spacial score (nSPS) is 23.3. The molecule has 200 valence electrons. The zero-order chi connectivity index (χ0) is 26.8. The van der Waals surface area contributed by atoms with E-state index < -0.39 is 29.1 Å². The van der Waals surface area contributed by atoms with E-state index in [1.807, 2.05) is 5.38 Å². The van der Waals surface area contributed by atoms with Gasteiger partial charge in [-0.05, 0) is 38.0 Å². The number of alkyl halides is 3. The average molecular weight is 552 g/mol. The number of halogens is 5. The Morgan fingerprint density at radius 3 is 2.55 bits per heavy atom. The van der Waals surface area contributed by atoms with E-state index >= 15 is 0 Å². The summed E-state index contributed by atoms with van der Waals surface area (Å²) in [6.07, 6.45) is -2.82. The molecule has 2 aromatic heterocycles. The number of likely N-dealkylation sites (tertiary alicyclic amines) is 1. The molecule has 0 spiro atoms. The maximum Gasteiger partial charge on any atom is 0.435 e. The van der Waals surface area contributed by atoms with Gasteiger partial charge in [-0.25, -0.2) is 13.8 Å². The van der Waals surface area contributed by atoms with Crippen molar-refractivity contribution in [1.82, 2.24) is 19.7 Å². The maximum absolute atomic E-state index is 14.4. The number of hydrogen-bond acceptors (Lipinski definition) is 6. The molecule has 38 heavy (non-hydrogen) atoms. The summed E-state index contributed by atoms with van der Waals surface area (Å²) in [6, 6.07) is 4.65. The van der Waals surface area contributed by atoms with Crippen LogP contribution in [0.15, 0.2) is 34.8 Å². The Labute approximate surface area is 217 Å². The van der Waals surface area contributed by atoms with Crippen molar-refractivity contribution in [1.29, 1.82) is 0 Å². The number of carbonyl (C=O) groups excluding carboxylic acids is 1. The highest BCUT2D eigenvalue weighted by molar-refractivity contribution is 7.10. The van der Waals surface area contributed by atoms with E-state index in [1.165, 1.54) is 36.5 Å². The van der Waals surface area contributed by atoms with Gasteiger partial charge in [0.1, 0.15) is 23.9 Å². The monoisotopic (exact) mass is 551 g/mol. The second kappa shape index (κ2) is 8.85. The van der Waals surface area contributed by atoms with Crippen LogP contribution in [0.3, 0.4) is 0 Å². The summed E-state index contributed by atoms with van der Waals surface area (Å²) in [7, 11) is 0. The first-order valence-electron chi connectivity index (χ1n) is 12.1. The van der Waals surface area contributed by atoms with E-state index in [-0.39, 0.29) is 35.5 Å². The molecule has 2 fully saturated rings. The van der Waals surface area contributed by atoms with E-state index in [1.54, 1.807) is 4.90 Å². The molecular formula is C25H22F5N5O2S. The first-order chi connectivity index (χ1) is 18.1. The molecule has 1 saturated carbocycles. The summed E-state index contributed by atoms with van der Waals surface area (Å²) in [5.41, 5.74) is -0.757. The molecule has 0 bridgehead atoms. The first kappa shape index (κ1) is 25.0. The number of amides is 1. The predicted octanol–water partition coefficient (Wildman–Crippen LogP) is 5.00. The highest BCUT2D eigenvalue weighted by Crippen LogP contribution is 2.61. The van der Waals surface area contributed by atoms with Gasteiger partial charge >= 0.3 is 6.18 Å². The van der Waals surface area contributed by atoms with Gasteiger partial charge in [0.2, 0.25) is 5.91 Å². The van der Waals surface area contributed by atoms with E-state index in [2.05, 4.69) is 10.3 Å². The number of aromatic nitrogens is 3. The van der Waals surface area contributed by atoms with Gasteiger partial charge in [-0.15, -0.1) is 11.3 Å². The van der Waals surface area contributed by atoms with Crippen molar-refractivity contribution in [3.8, 4) is 0 Å². The first-order valence-corrected chi connectivity index (χ1v) is 13.0. The van der Waals surface area contributed by atoms with Crippen molar-refractivity contribution < 1.29 is 31.6 Å². The lowest BCUT2D eigenvalue weighted by Gasteiger charge is -2.31. The Morgan fingerprint density at radius 2 is 1.92 bits per heavy atom. The number of piperidine rings is 1. The van der Waals surface area contributed by atoms with Crippen LogP contribution in [0.4, 0.5) is 22.0 Å². The molecule has 1 aromatic carbocycles. The fourth-order valence-electron chi connectivity index (χ4n) is 5.31. The Hall–Kier alpha value is -3.35. The van der Waals surface area contributed by atoms with Crippen LogP contribution in [0.5, 0.6) is 0 Å². The predicted molar refractivity (Wildman–Crippen MR) is 126 cm³/mol. The number of benzene rings is 1. The summed E-state index contributed by atoms with van der Waals surface area (Å²) >= 11 is 1.46. The summed E-state index contributed by atoms with van der Waals surface area (Å²) in [5.74, 6) is -1.77. The largest absolute Gasteiger partial charge is 0.435 e. The molecule has 0 N–H and O–H groups in total. The number of rotatable bonds is 5. The topological polar surface area (TPSA) is 72.6 Å². The molecule has 1 saturated heterocycles. The minimum absolute atomic E-state index is 0.101. The second-order valence-corrected chi connectivity index (χ2v) is 10.8. The Kier molecular flexibility index (Phi) is 5.82. The van der Waals surface area contributed by atoms with Gasteiger partial charge in [0, 0.05) is 36.5 Å². The minimum atomic E-state index is -4.56. The molecule has 3 aromatic rings. The van der Waals surface area contributed by atoms with Gasteiger partial charge in [0.25, 0.3) is 0 Å². The molecule has 6 rings (SSSR count). The lowest BCUT2D eigenvalue weighted by atomic mass is 9.97. The van der Waals surface area contributed by atoms with Crippen molar-refractivity contribution >= 4 is 23.0 Å². The van der Waals surface area contributed by atoms with Gasteiger partial charge in [0.05, 0.1) is 22.2 Å². The summed E-state index contributed by atoms with van der Waals surface area (Å²) < 4.78 is 68.5. The fourth-order valence-corrected chi connectivity index (χ4v) is 6.30. The molecule has 1 amide bonds. The third-order valence-electron chi connectivity index (χ3n) is 7.47.